The molecule has 0 aliphatic carbocycles. The van der Waals surface area contributed by atoms with Crippen LogP contribution in [-0.4, -0.2) is 21.2 Å². The number of furan rings is 1. The maximum Gasteiger partial charge on any atom is 0.433 e. The van der Waals surface area contributed by atoms with E-state index in [2.05, 4.69) is 4.99 Å². The fourth-order valence-corrected chi connectivity index (χ4v) is 1.38. The molecular weight excluding hydrogens is 270 g/mol. The number of aliphatic imine (C=N–C) groups is 1. The molecule has 2 aromatic rings. The summed E-state index contributed by atoms with van der Waals surface area (Å²) in [6.45, 7) is 0. The topological polar surface area (TPSA) is 132 Å². The highest BCUT2D eigenvalue weighted by molar-refractivity contribution is 5.80. The number of nitro benzene ring substituents is 1. The maximum absolute atomic E-state index is 10.5. The van der Waals surface area contributed by atoms with Gasteiger partial charge in [-0.3, -0.25) is 20.2 Å². The Balaban J connectivity index is 2.22. The Labute approximate surface area is 111 Å². The predicted octanol–water partition coefficient (Wildman–Crippen LogP) is 2.55. The summed E-state index contributed by atoms with van der Waals surface area (Å²) in [5, 5.41) is 30.4. The summed E-state index contributed by atoms with van der Waals surface area (Å²) in [5.74, 6) is -0.690. The summed E-state index contributed by atoms with van der Waals surface area (Å²) in [5.41, 5.74) is -0.190. The van der Waals surface area contributed by atoms with Crippen molar-refractivity contribution in [1.29, 1.82) is 0 Å². The minimum atomic E-state index is -0.694. The summed E-state index contributed by atoms with van der Waals surface area (Å²) < 4.78 is 4.83. The third-order valence-electron chi connectivity index (χ3n) is 2.29. The van der Waals surface area contributed by atoms with Gasteiger partial charge in [0.15, 0.2) is 5.76 Å². The zero-order chi connectivity index (χ0) is 14.7. The fourth-order valence-electron chi connectivity index (χ4n) is 1.38. The molecule has 0 fully saturated rings. The van der Waals surface area contributed by atoms with E-state index in [-0.39, 0.29) is 22.9 Å². The number of benzene rings is 1. The zero-order valence-electron chi connectivity index (χ0n) is 9.79. The van der Waals surface area contributed by atoms with Crippen LogP contribution < -0.4 is 0 Å². The normalized spacial score (nSPS) is 10.8. The second kappa shape index (κ2) is 5.18. The first-order valence-corrected chi connectivity index (χ1v) is 5.23. The quantitative estimate of drug-likeness (QED) is 0.518. The standard InChI is InChI=1S/C11H7N3O6/c15-10-5-7(13(16)17)1-3-9(10)12-6-8-2-4-11(20-8)14(18)19/h1-6,15H. The van der Waals surface area contributed by atoms with Crippen molar-refractivity contribution in [1.82, 2.24) is 0 Å². The second-order valence-electron chi connectivity index (χ2n) is 3.62. The van der Waals surface area contributed by atoms with Crippen LogP contribution in [0.3, 0.4) is 0 Å². The Morgan fingerprint density at radius 2 is 1.90 bits per heavy atom. The van der Waals surface area contributed by atoms with E-state index < -0.39 is 15.7 Å². The van der Waals surface area contributed by atoms with Crippen molar-refractivity contribution >= 4 is 23.5 Å². The van der Waals surface area contributed by atoms with E-state index in [0.29, 0.717) is 0 Å². The molecule has 1 aromatic carbocycles. The number of hydrogen-bond donors (Lipinski definition) is 1. The number of non-ortho nitro benzene ring substituents is 1. The lowest BCUT2D eigenvalue weighted by atomic mass is 10.2. The van der Waals surface area contributed by atoms with Gasteiger partial charge in [0.1, 0.15) is 16.4 Å². The second-order valence-corrected chi connectivity index (χ2v) is 3.62. The predicted molar refractivity (Wildman–Crippen MR) is 67.4 cm³/mol. The molecule has 0 saturated heterocycles. The lowest BCUT2D eigenvalue weighted by Gasteiger charge is -1.97. The van der Waals surface area contributed by atoms with Crippen LogP contribution in [0, 0.1) is 20.2 Å². The van der Waals surface area contributed by atoms with Crippen molar-refractivity contribution in [2.24, 2.45) is 4.99 Å². The Bertz CT molecular complexity index is 706. The van der Waals surface area contributed by atoms with Crippen LogP contribution in [0.1, 0.15) is 5.76 Å². The van der Waals surface area contributed by atoms with Gasteiger partial charge in [0.2, 0.25) is 0 Å². The van der Waals surface area contributed by atoms with Gasteiger partial charge in [-0.2, -0.15) is 0 Å². The molecule has 1 heterocycles. The van der Waals surface area contributed by atoms with Gasteiger partial charge in [0.25, 0.3) is 5.69 Å². The van der Waals surface area contributed by atoms with Gasteiger partial charge in [0, 0.05) is 6.07 Å². The van der Waals surface area contributed by atoms with Crippen LogP contribution in [-0.2, 0) is 0 Å². The Hall–Kier alpha value is -3.23. The van der Waals surface area contributed by atoms with Crippen molar-refractivity contribution in [2.75, 3.05) is 0 Å². The van der Waals surface area contributed by atoms with E-state index in [1.807, 2.05) is 0 Å². The van der Waals surface area contributed by atoms with E-state index in [0.717, 1.165) is 18.3 Å². The SMILES string of the molecule is O=[N+]([O-])c1ccc(N=Cc2ccc([N+](=O)[O-])o2)c(O)c1. The molecule has 1 N–H and O–H groups in total. The minimum Gasteiger partial charge on any atom is -0.505 e. The zero-order valence-corrected chi connectivity index (χ0v) is 9.79. The maximum atomic E-state index is 10.5. The third kappa shape index (κ3) is 2.77. The number of nitrogens with zero attached hydrogens (tertiary/aromatic N) is 3. The molecule has 102 valence electrons. The summed E-state index contributed by atoms with van der Waals surface area (Å²) >= 11 is 0. The molecule has 0 unspecified atom stereocenters. The molecule has 1 aromatic heterocycles. The molecule has 9 nitrogen and oxygen atoms in total. The molecule has 0 bridgehead atoms. The first-order valence-electron chi connectivity index (χ1n) is 5.23. The molecule has 2 rings (SSSR count). The number of nitro groups is 2. The van der Waals surface area contributed by atoms with E-state index in [1.54, 1.807) is 0 Å². The Morgan fingerprint density at radius 1 is 1.15 bits per heavy atom. The first kappa shape index (κ1) is 13.2. The lowest BCUT2D eigenvalue weighted by Crippen LogP contribution is -1.86. The Kier molecular flexibility index (Phi) is 3.42. The van der Waals surface area contributed by atoms with Crippen LogP contribution in [0.2, 0.25) is 0 Å². The lowest BCUT2D eigenvalue weighted by molar-refractivity contribution is -0.402. The molecule has 0 aliphatic rings. The van der Waals surface area contributed by atoms with Crippen molar-refractivity contribution in [3.63, 3.8) is 0 Å². The van der Waals surface area contributed by atoms with E-state index >= 15 is 0 Å². The van der Waals surface area contributed by atoms with Crippen LogP contribution >= 0.6 is 0 Å². The van der Waals surface area contributed by atoms with Crippen LogP contribution in [0.25, 0.3) is 0 Å². The van der Waals surface area contributed by atoms with Crippen LogP contribution in [0.15, 0.2) is 39.7 Å². The van der Waals surface area contributed by atoms with Gasteiger partial charge in [0.05, 0.1) is 23.3 Å². The molecule has 0 aliphatic heterocycles. The highest BCUT2D eigenvalue weighted by atomic mass is 16.6. The van der Waals surface area contributed by atoms with Crippen molar-refractivity contribution in [3.8, 4) is 5.75 Å². The molecule has 20 heavy (non-hydrogen) atoms. The molecule has 0 spiro atoms. The number of phenols is 1. The van der Waals surface area contributed by atoms with E-state index in [4.69, 9.17) is 4.42 Å². The van der Waals surface area contributed by atoms with Crippen molar-refractivity contribution < 1.29 is 19.4 Å². The van der Waals surface area contributed by atoms with Crippen LogP contribution in [0.4, 0.5) is 17.3 Å². The highest BCUT2D eigenvalue weighted by Gasteiger charge is 2.11. The van der Waals surface area contributed by atoms with Crippen molar-refractivity contribution in [2.45, 2.75) is 0 Å². The first-order chi connectivity index (χ1) is 9.47. The number of hydrogen-bond acceptors (Lipinski definition) is 7. The van der Waals surface area contributed by atoms with Gasteiger partial charge in [-0.1, -0.05) is 0 Å². The average Bonchev–Trinajstić information content (AvgIpc) is 2.86. The third-order valence-corrected chi connectivity index (χ3v) is 2.29. The fraction of sp³-hybridized carbons (Fsp3) is 0. The molecule has 0 amide bonds. The molecule has 0 radical (unpaired) electrons. The molecule has 0 saturated carbocycles. The van der Waals surface area contributed by atoms with Crippen molar-refractivity contribution in [3.05, 3.63) is 56.3 Å². The van der Waals surface area contributed by atoms with Gasteiger partial charge in [-0.05, 0) is 12.1 Å². The number of aromatic hydroxyl groups is 1. The van der Waals surface area contributed by atoms with Gasteiger partial charge in [-0.15, -0.1) is 0 Å². The van der Waals surface area contributed by atoms with Crippen LogP contribution in [0.5, 0.6) is 5.75 Å². The molecule has 0 atom stereocenters. The van der Waals surface area contributed by atoms with Gasteiger partial charge < -0.3 is 9.52 Å². The summed E-state index contributed by atoms with van der Waals surface area (Å²) in [4.78, 5) is 23.4. The smallest absolute Gasteiger partial charge is 0.433 e. The minimum absolute atomic E-state index is 0.0784. The number of rotatable bonds is 4. The molecular formula is C11H7N3O6. The number of phenolic OH excluding ortho intramolecular Hbond substituents is 1. The Morgan fingerprint density at radius 3 is 2.45 bits per heavy atom. The largest absolute Gasteiger partial charge is 0.505 e. The monoisotopic (exact) mass is 277 g/mol. The van der Waals surface area contributed by atoms with Gasteiger partial charge in [-0.25, -0.2) is 4.99 Å². The summed E-state index contributed by atoms with van der Waals surface area (Å²) in [6.07, 6.45) is 1.16. The average molecular weight is 277 g/mol. The summed E-state index contributed by atoms with van der Waals surface area (Å²) in [7, 11) is 0. The highest BCUT2D eigenvalue weighted by Crippen LogP contribution is 2.30. The van der Waals surface area contributed by atoms with E-state index in [1.165, 1.54) is 18.2 Å². The molecule has 9 heteroatoms. The van der Waals surface area contributed by atoms with E-state index in [9.17, 15) is 25.3 Å². The van der Waals surface area contributed by atoms with Gasteiger partial charge >= 0.3 is 5.88 Å². The summed E-state index contributed by atoms with van der Waals surface area (Å²) in [6, 6.07) is 5.89.